The minimum Gasteiger partial charge on any atom is -0.378 e. The van der Waals surface area contributed by atoms with Gasteiger partial charge >= 0.3 is 6.18 Å². The molecule has 0 radical (unpaired) electrons. The first-order valence-electron chi connectivity index (χ1n) is 5.06. The van der Waals surface area contributed by atoms with Crippen LogP contribution in [-0.4, -0.2) is 19.8 Å². The van der Waals surface area contributed by atoms with Crippen molar-refractivity contribution in [3.8, 4) is 0 Å². The first-order chi connectivity index (χ1) is 7.59. The second-order valence-corrected chi connectivity index (χ2v) is 3.67. The molecule has 1 aliphatic rings. The van der Waals surface area contributed by atoms with E-state index in [2.05, 4.69) is 5.32 Å². The molecule has 0 unspecified atom stereocenters. The quantitative estimate of drug-likeness (QED) is 0.801. The van der Waals surface area contributed by atoms with Crippen LogP contribution in [0, 0.1) is 0 Å². The van der Waals surface area contributed by atoms with E-state index in [-0.39, 0.29) is 18.2 Å². The van der Waals surface area contributed by atoms with Crippen LogP contribution in [0.4, 0.5) is 13.2 Å². The molecule has 16 heavy (non-hydrogen) atoms. The zero-order valence-electron chi connectivity index (χ0n) is 8.55. The van der Waals surface area contributed by atoms with Gasteiger partial charge in [0, 0.05) is 6.54 Å². The predicted octanol–water partition coefficient (Wildman–Crippen LogP) is 2.37. The minimum absolute atomic E-state index is 0.259. The molecule has 1 aromatic carbocycles. The smallest absolute Gasteiger partial charge is 0.378 e. The summed E-state index contributed by atoms with van der Waals surface area (Å²) in [5.41, 5.74) is -0.326. The third kappa shape index (κ3) is 2.36. The normalized spacial score (nSPS) is 22.1. The Kier molecular flexibility index (Phi) is 3.16. The Hall–Kier alpha value is -1.07. The van der Waals surface area contributed by atoms with E-state index in [0.717, 1.165) is 6.07 Å². The third-order valence-electron chi connectivity index (χ3n) is 2.56. The molecule has 1 N–H and O–H groups in total. The number of morpholine rings is 1. The largest absolute Gasteiger partial charge is 0.416 e. The van der Waals surface area contributed by atoms with E-state index in [1.165, 1.54) is 12.1 Å². The van der Waals surface area contributed by atoms with Gasteiger partial charge in [-0.1, -0.05) is 18.2 Å². The predicted molar refractivity (Wildman–Crippen MR) is 53.0 cm³/mol. The summed E-state index contributed by atoms with van der Waals surface area (Å²) < 4.78 is 43.4. The van der Waals surface area contributed by atoms with Crippen LogP contribution >= 0.6 is 0 Å². The number of halogens is 3. The summed E-state index contributed by atoms with van der Waals surface area (Å²) in [5, 5.41) is 3.02. The van der Waals surface area contributed by atoms with Gasteiger partial charge in [0.1, 0.15) is 0 Å². The van der Waals surface area contributed by atoms with Crippen molar-refractivity contribution in [3.63, 3.8) is 0 Å². The average Bonchev–Trinajstić information content (AvgIpc) is 2.29. The van der Waals surface area contributed by atoms with Crippen molar-refractivity contribution >= 4 is 0 Å². The molecule has 2 nitrogen and oxygen atoms in total. The molecule has 2 rings (SSSR count). The van der Waals surface area contributed by atoms with Crippen LogP contribution in [0.15, 0.2) is 24.3 Å². The molecule has 0 bridgehead atoms. The van der Waals surface area contributed by atoms with Crippen molar-refractivity contribution in [3.05, 3.63) is 35.4 Å². The summed E-state index contributed by atoms with van der Waals surface area (Å²) in [6.07, 6.45) is -4.31. The summed E-state index contributed by atoms with van der Waals surface area (Å²) in [4.78, 5) is 0. The topological polar surface area (TPSA) is 21.3 Å². The van der Waals surface area contributed by atoms with Crippen molar-refractivity contribution in [1.82, 2.24) is 5.32 Å². The molecule has 1 heterocycles. The van der Waals surface area contributed by atoms with Gasteiger partial charge in [-0.3, -0.25) is 0 Å². The van der Waals surface area contributed by atoms with Gasteiger partial charge in [-0.05, 0) is 11.6 Å². The fourth-order valence-corrected chi connectivity index (χ4v) is 1.82. The van der Waals surface area contributed by atoms with Gasteiger partial charge in [0.15, 0.2) is 0 Å². The lowest BCUT2D eigenvalue weighted by molar-refractivity contribution is -0.138. The standard InChI is InChI=1S/C11H12F3NO/c12-11(13,14)9-4-2-1-3-8(9)10-7-16-6-5-15-10/h1-4,10,15H,5-7H2/t10-/m0/s1. The number of benzene rings is 1. The van der Waals surface area contributed by atoms with E-state index in [0.29, 0.717) is 13.2 Å². The molecule has 0 amide bonds. The van der Waals surface area contributed by atoms with Crippen LogP contribution in [0.25, 0.3) is 0 Å². The van der Waals surface area contributed by atoms with Gasteiger partial charge in [0.2, 0.25) is 0 Å². The number of nitrogens with one attached hydrogen (secondary N) is 1. The molecule has 88 valence electrons. The van der Waals surface area contributed by atoms with E-state index >= 15 is 0 Å². The van der Waals surface area contributed by atoms with Gasteiger partial charge in [-0.15, -0.1) is 0 Å². The number of alkyl halides is 3. The van der Waals surface area contributed by atoms with Gasteiger partial charge < -0.3 is 10.1 Å². The maximum Gasteiger partial charge on any atom is 0.416 e. The SMILES string of the molecule is FC(F)(F)c1ccccc1[C@@H]1COCCN1. The summed E-state index contributed by atoms with van der Waals surface area (Å²) in [6.45, 7) is 1.41. The summed E-state index contributed by atoms with van der Waals surface area (Å²) >= 11 is 0. The van der Waals surface area contributed by atoms with E-state index in [9.17, 15) is 13.2 Å². The zero-order chi connectivity index (χ0) is 11.6. The molecule has 1 saturated heterocycles. The highest BCUT2D eigenvalue weighted by molar-refractivity contribution is 5.32. The summed E-state index contributed by atoms with van der Waals surface area (Å²) in [7, 11) is 0. The first kappa shape index (κ1) is 11.4. The van der Waals surface area contributed by atoms with E-state index < -0.39 is 11.7 Å². The molecule has 1 fully saturated rings. The average molecular weight is 231 g/mol. The van der Waals surface area contributed by atoms with Crippen molar-refractivity contribution in [2.75, 3.05) is 19.8 Å². The lowest BCUT2D eigenvalue weighted by Gasteiger charge is -2.26. The van der Waals surface area contributed by atoms with Crippen molar-refractivity contribution < 1.29 is 17.9 Å². The van der Waals surface area contributed by atoms with Crippen LogP contribution in [0.3, 0.4) is 0 Å². The Balaban J connectivity index is 2.32. The van der Waals surface area contributed by atoms with E-state index in [1.54, 1.807) is 6.07 Å². The Morgan fingerprint density at radius 3 is 2.62 bits per heavy atom. The fraction of sp³-hybridized carbons (Fsp3) is 0.455. The van der Waals surface area contributed by atoms with Crippen molar-refractivity contribution in [2.45, 2.75) is 12.2 Å². The molecule has 1 aliphatic heterocycles. The highest BCUT2D eigenvalue weighted by Gasteiger charge is 2.35. The molecular weight excluding hydrogens is 219 g/mol. The van der Waals surface area contributed by atoms with Crippen LogP contribution in [0.5, 0.6) is 0 Å². The first-order valence-corrected chi connectivity index (χ1v) is 5.06. The van der Waals surface area contributed by atoms with Crippen LogP contribution in [0.1, 0.15) is 17.2 Å². The monoisotopic (exact) mass is 231 g/mol. The van der Waals surface area contributed by atoms with Crippen LogP contribution in [0.2, 0.25) is 0 Å². The maximum absolute atomic E-state index is 12.7. The molecule has 1 atom stereocenters. The molecule has 0 saturated carbocycles. The van der Waals surface area contributed by atoms with Gasteiger partial charge in [0.05, 0.1) is 24.8 Å². The highest BCUT2D eigenvalue weighted by Crippen LogP contribution is 2.34. The third-order valence-corrected chi connectivity index (χ3v) is 2.56. The van der Waals surface area contributed by atoms with Gasteiger partial charge in [0.25, 0.3) is 0 Å². The van der Waals surface area contributed by atoms with Gasteiger partial charge in [-0.25, -0.2) is 0 Å². The van der Waals surface area contributed by atoms with Crippen molar-refractivity contribution in [2.24, 2.45) is 0 Å². The lowest BCUT2D eigenvalue weighted by Crippen LogP contribution is -2.35. The minimum atomic E-state index is -4.31. The molecule has 0 aromatic heterocycles. The van der Waals surface area contributed by atoms with Crippen LogP contribution in [-0.2, 0) is 10.9 Å². The highest BCUT2D eigenvalue weighted by atomic mass is 19.4. The van der Waals surface area contributed by atoms with Gasteiger partial charge in [-0.2, -0.15) is 13.2 Å². The Bertz CT molecular complexity index is 358. The molecule has 0 spiro atoms. The number of rotatable bonds is 1. The number of hydrogen-bond donors (Lipinski definition) is 1. The fourth-order valence-electron chi connectivity index (χ4n) is 1.82. The van der Waals surface area contributed by atoms with E-state index in [4.69, 9.17) is 4.74 Å². The Labute approximate surface area is 91.4 Å². The second-order valence-electron chi connectivity index (χ2n) is 3.67. The molecular formula is C11H12F3NO. The summed E-state index contributed by atoms with van der Waals surface area (Å²) in [6, 6.07) is 5.24. The molecule has 5 heteroatoms. The Morgan fingerprint density at radius 2 is 2.00 bits per heavy atom. The molecule has 1 aromatic rings. The number of ether oxygens (including phenoxy) is 1. The zero-order valence-corrected chi connectivity index (χ0v) is 8.55. The van der Waals surface area contributed by atoms with Crippen LogP contribution < -0.4 is 5.32 Å². The maximum atomic E-state index is 12.7. The second kappa shape index (κ2) is 4.43. The van der Waals surface area contributed by atoms with Crippen molar-refractivity contribution in [1.29, 1.82) is 0 Å². The number of hydrogen-bond acceptors (Lipinski definition) is 2. The summed E-state index contributed by atoms with van der Waals surface area (Å²) in [5.74, 6) is 0. The van der Waals surface area contributed by atoms with E-state index in [1.807, 2.05) is 0 Å². The molecule has 0 aliphatic carbocycles. The lowest BCUT2D eigenvalue weighted by atomic mass is 10.00. The Morgan fingerprint density at radius 1 is 1.25 bits per heavy atom.